The fraction of sp³-hybridized carbons (Fsp3) is 0.524. The molecule has 1 spiro atoms. The molecule has 132 valence electrons. The molecule has 2 aliphatic rings. The molecule has 1 atom stereocenters. The highest BCUT2D eigenvalue weighted by atomic mass is 19.1. The number of halogens is 1. The Hall–Kier alpha value is -1.97. The molecule has 1 aromatic carbocycles. The third-order valence-electron chi connectivity index (χ3n) is 6.24. The zero-order chi connectivity index (χ0) is 17.6. The van der Waals surface area contributed by atoms with E-state index in [9.17, 15) is 9.18 Å². The van der Waals surface area contributed by atoms with Crippen LogP contribution in [0.2, 0.25) is 0 Å². The zero-order valence-electron chi connectivity index (χ0n) is 14.8. The number of hydrogen-bond acceptors (Lipinski definition) is 3. The van der Waals surface area contributed by atoms with Gasteiger partial charge >= 0.3 is 5.97 Å². The van der Waals surface area contributed by atoms with Gasteiger partial charge < -0.3 is 4.74 Å². The maximum Gasteiger partial charge on any atom is 0.309 e. The van der Waals surface area contributed by atoms with E-state index in [1.807, 2.05) is 25.3 Å². The van der Waals surface area contributed by atoms with E-state index in [4.69, 9.17) is 4.74 Å². The highest BCUT2D eigenvalue weighted by molar-refractivity contribution is 5.83. The number of aryl methyl sites for hydroxylation is 1. The van der Waals surface area contributed by atoms with Crippen molar-refractivity contribution in [2.75, 3.05) is 6.61 Å². The van der Waals surface area contributed by atoms with Crippen molar-refractivity contribution in [1.82, 2.24) is 4.98 Å². The van der Waals surface area contributed by atoms with E-state index < -0.39 is 0 Å². The molecular formula is C21H24FNO2. The van der Waals surface area contributed by atoms with Crippen LogP contribution in [-0.2, 0) is 9.53 Å². The summed E-state index contributed by atoms with van der Waals surface area (Å²) in [5.74, 6) is 0.329. The molecule has 1 unspecified atom stereocenters. The van der Waals surface area contributed by atoms with Crippen LogP contribution in [0.4, 0.5) is 4.39 Å². The quantitative estimate of drug-likeness (QED) is 0.745. The number of carbonyl (C=O) groups is 1. The van der Waals surface area contributed by atoms with Crippen molar-refractivity contribution in [2.24, 2.45) is 11.3 Å². The van der Waals surface area contributed by atoms with Gasteiger partial charge in [0.1, 0.15) is 5.82 Å². The lowest BCUT2D eigenvalue weighted by Crippen LogP contribution is -2.20. The molecular weight excluding hydrogens is 317 g/mol. The average molecular weight is 341 g/mol. The number of pyridine rings is 1. The summed E-state index contributed by atoms with van der Waals surface area (Å²) in [6.07, 6.45) is 7.01. The topological polar surface area (TPSA) is 39.2 Å². The Morgan fingerprint density at radius 3 is 2.84 bits per heavy atom. The summed E-state index contributed by atoms with van der Waals surface area (Å²) in [7, 11) is 0. The van der Waals surface area contributed by atoms with Gasteiger partial charge in [-0.05, 0) is 86.6 Å². The normalized spacial score (nSPS) is 28.3. The molecule has 2 aliphatic carbocycles. The van der Waals surface area contributed by atoms with Crippen LogP contribution < -0.4 is 0 Å². The maximum atomic E-state index is 14.1. The molecule has 0 N–H and O–H groups in total. The third-order valence-corrected chi connectivity index (χ3v) is 6.24. The minimum Gasteiger partial charge on any atom is -0.466 e. The fourth-order valence-electron chi connectivity index (χ4n) is 4.63. The second kappa shape index (κ2) is 6.08. The molecule has 4 rings (SSSR count). The largest absolute Gasteiger partial charge is 0.466 e. The summed E-state index contributed by atoms with van der Waals surface area (Å²) in [4.78, 5) is 16.4. The maximum absolute atomic E-state index is 14.1. The number of aromatic nitrogens is 1. The van der Waals surface area contributed by atoms with Gasteiger partial charge in [0.25, 0.3) is 0 Å². The van der Waals surface area contributed by atoms with Gasteiger partial charge in [-0.3, -0.25) is 9.78 Å². The van der Waals surface area contributed by atoms with Crippen LogP contribution in [0, 0.1) is 24.1 Å². The predicted octanol–water partition coefficient (Wildman–Crippen LogP) is 4.91. The van der Waals surface area contributed by atoms with Crippen LogP contribution in [0.1, 0.15) is 56.1 Å². The summed E-state index contributed by atoms with van der Waals surface area (Å²) >= 11 is 0. The van der Waals surface area contributed by atoms with Crippen molar-refractivity contribution in [2.45, 2.75) is 51.9 Å². The fourth-order valence-corrected chi connectivity index (χ4v) is 4.63. The average Bonchev–Trinajstić information content (AvgIpc) is 3.30. The minimum atomic E-state index is -0.168. The van der Waals surface area contributed by atoms with Gasteiger partial charge in [0, 0.05) is 11.6 Å². The van der Waals surface area contributed by atoms with Gasteiger partial charge in [-0.2, -0.15) is 0 Å². The number of esters is 1. The first-order chi connectivity index (χ1) is 12.0. The van der Waals surface area contributed by atoms with Crippen molar-refractivity contribution in [3.05, 3.63) is 41.3 Å². The lowest BCUT2D eigenvalue weighted by Gasteiger charge is -2.30. The molecule has 2 fully saturated rings. The monoisotopic (exact) mass is 341 g/mol. The molecule has 0 radical (unpaired) electrons. The molecule has 0 amide bonds. The van der Waals surface area contributed by atoms with Crippen LogP contribution >= 0.6 is 0 Å². The van der Waals surface area contributed by atoms with Crippen LogP contribution in [-0.4, -0.2) is 17.6 Å². The highest BCUT2D eigenvalue weighted by Gasteiger charge is 2.59. The first-order valence-electron chi connectivity index (χ1n) is 9.25. The number of benzene rings is 1. The number of hydrogen-bond donors (Lipinski definition) is 0. The second-order valence-electron chi connectivity index (χ2n) is 7.66. The molecule has 0 bridgehead atoms. The smallest absolute Gasteiger partial charge is 0.309 e. The Labute approximate surface area is 147 Å². The minimum absolute atomic E-state index is 0.0205. The first-order valence-corrected chi connectivity index (χ1v) is 9.25. The molecule has 2 saturated carbocycles. The van der Waals surface area contributed by atoms with Crippen LogP contribution in [0.15, 0.2) is 24.4 Å². The lowest BCUT2D eigenvalue weighted by atomic mass is 9.75. The molecule has 4 heteroatoms. The summed E-state index contributed by atoms with van der Waals surface area (Å²) in [5.41, 5.74) is 2.88. The van der Waals surface area contributed by atoms with E-state index in [1.165, 1.54) is 5.56 Å². The zero-order valence-corrected chi connectivity index (χ0v) is 14.8. The van der Waals surface area contributed by atoms with E-state index in [0.717, 1.165) is 43.0 Å². The van der Waals surface area contributed by atoms with Gasteiger partial charge in [-0.1, -0.05) is 0 Å². The van der Waals surface area contributed by atoms with Crippen LogP contribution in [0.5, 0.6) is 0 Å². The van der Waals surface area contributed by atoms with Gasteiger partial charge in [-0.15, -0.1) is 0 Å². The first kappa shape index (κ1) is 16.5. The third kappa shape index (κ3) is 2.82. The van der Waals surface area contributed by atoms with Crippen molar-refractivity contribution >= 4 is 16.9 Å². The van der Waals surface area contributed by atoms with Crippen molar-refractivity contribution in [1.29, 1.82) is 0 Å². The second-order valence-corrected chi connectivity index (χ2v) is 7.66. The number of ether oxygens (including phenoxy) is 1. The number of nitrogens with zero attached hydrogens (tertiary/aromatic N) is 1. The lowest BCUT2D eigenvalue weighted by molar-refractivity contribution is -0.145. The molecule has 3 nitrogen and oxygen atoms in total. The molecule has 2 aromatic rings. The highest BCUT2D eigenvalue weighted by Crippen LogP contribution is 2.63. The summed E-state index contributed by atoms with van der Waals surface area (Å²) in [6.45, 7) is 4.09. The SMILES string of the molecule is CCOC(=O)C1CC12CCC(c1ccnc3cc(C)c(F)cc13)CC2. The molecule has 25 heavy (non-hydrogen) atoms. The predicted molar refractivity (Wildman–Crippen MR) is 94.8 cm³/mol. The van der Waals surface area contributed by atoms with Crippen molar-refractivity contribution in [3.63, 3.8) is 0 Å². The van der Waals surface area contributed by atoms with Crippen molar-refractivity contribution < 1.29 is 13.9 Å². The van der Waals surface area contributed by atoms with Crippen LogP contribution in [0.25, 0.3) is 10.9 Å². The van der Waals surface area contributed by atoms with E-state index >= 15 is 0 Å². The number of rotatable bonds is 3. The summed E-state index contributed by atoms with van der Waals surface area (Å²) in [5, 5.41) is 0.935. The van der Waals surface area contributed by atoms with E-state index in [1.54, 1.807) is 13.0 Å². The summed E-state index contributed by atoms with van der Waals surface area (Å²) < 4.78 is 19.3. The van der Waals surface area contributed by atoms with E-state index in [2.05, 4.69) is 4.98 Å². The number of carbonyl (C=O) groups excluding carboxylic acids is 1. The van der Waals surface area contributed by atoms with E-state index in [0.29, 0.717) is 18.1 Å². The Morgan fingerprint density at radius 1 is 1.36 bits per heavy atom. The molecule has 1 aromatic heterocycles. The van der Waals surface area contributed by atoms with Gasteiger partial charge in [0.15, 0.2) is 0 Å². The van der Waals surface area contributed by atoms with Crippen molar-refractivity contribution in [3.8, 4) is 0 Å². The Kier molecular flexibility index (Phi) is 4.01. The Bertz CT molecular complexity index is 824. The Balaban J connectivity index is 1.53. The van der Waals surface area contributed by atoms with Crippen LogP contribution in [0.3, 0.4) is 0 Å². The molecule has 1 heterocycles. The van der Waals surface area contributed by atoms with E-state index in [-0.39, 0.29) is 23.1 Å². The molecule has 0 saturated heterocycles. The van der Waals surface area contributed by atoms with Gasteiger partial charge in [-0.25, -0.2) is 4.39 Å². The Morgan fingerprint density at radius 2 is 2.12 bits per heavy atom. The van der Waals surface area contributed by atoms with Gasteiger partial charge in [0.2, 0.25) is 0 Å². The van der Waals surface area contributed by atoms with Gasteiger partial charge in [0.05, 0.1) is 18.0 Å². The summed E-state index contributed by atoms with van der Waals surface area (Å²) in [6, 6.07) is 5.50. The standard InChI is InChI=1S/C21H24FNO2/c1-3-25-20(24)17-12-21(17)7-4-14(5-8-21)15-6-9-23-19-10-13(2)18(22)11-16(15)19/h6,9-11,14,17H,3-5,7-8,12H2,1-2H3. The number of fused-ring (bicyclic) bond motifs is 1. The molecule has 0 aliphatic heterocycles.